The zero-order valence-electron chi connectivity index (χ0n) is 14.6. The highest BCUT2D eigenvalue weighted by molar-refractivity contribution is 5.61. The number of pyridine rings is 1. The summed E-state index contributed by atoms with van der Waals surface area (Å²) in [4.78, 5) is 4.52. The normalized spacial score (nSPS) is 20.8. The topological polar surface area (TPSA) is 22.1 Å². The monoisotopic (exact) mass is 327 g/mol. The molecule has 1 aliphatic rings. The number of rotatable bonds is 5. The minimum atomic E-state index is -0.282. The molecule has 0 radical (unpaired) electrons. The van der Waals surface area contributed by atoms with Gasteiger partial charge in [0.2, 0.25) is 0 Å². The lowest BCUT2D eigenvalue weighted by Crippen LogP contribution is -2.11. The number of hydrogen-bond acceptors (Lipinski definition) is 2. The van der Waals surface area contributed by atoms with Gasteiger partial charge in [-0.1, -0.05) is 32.8 Å². The lowest BCUT2D eigenvalue weighted by Gasteiger charge is -2.26. The molecule has 0 atom stereocenters. The molecular weight excluding hydrogens is 301 g/mol. The molecule has 1 heterocycles. The van der Waals surface area contributed by atoms with Crippen LogP contribution in [0, 0.1) is 11.7 Å². The van der Waals surface area contributed by atoms with Crippen molar-refractivity contribution in [2.75, 3.05) is 6.61 Å². The molecule has 0 amide bonds. The van der Waals surface area contributed by atoms with Crippen molar-refractivity contribution in [3.05, 3.63) is 47.9 Å². The first-order chi connectivity index (χ1) is 11.7. The Morgan fingerprint density at radius 1 is 1.12 bits per heavy atom. The van der Waals surface area contributed by atoms with E-state index in [9.17, 15) is 4.39 Å². The molecule has 0 bridgehead atoms. The fourth-order valence-corrected chi connectivity index (χ4v) is 3.41. The van der Waals surface area contributed by atoms with Gasteiger partial charge in [-0.2, -0.15) is 0 Å². The van der Waals surface area contributed by atoms with Crippen LogP contribution in [0.1, 0.15) is 57.4 Å². The maximum atomic E-state index is 14.3. The lowest BCUT2D eigenvalue weighted by molar-refractivity contribution is 0.316. The Balaban J connectivity index is 1.73. The van der Waals surface area contributed by atoms with Gasteiger partial charge in [-0.15, -0.1) is 0 Å². The fourth-order valence-electron chi connectivity index (χ4n) is 3.41. The number of nitrogens with zero attached hydrogens (tertiary/aromatic N) is 1. The number of ether oxygens (including phenoxy) is 1. The minimum Gasteiger partial charge on any atom is -0.494 e. The Bertz CT molecular complexity index is 660. The summed E-state index contributed by atoms with van der Waals surface area (Å²) in [5, 5.41) is 0. The van der Waals surface area contributed by atoms with Crippen molar-refractivity contribution < 1.29 is 9.13 Å². The van der Waals surface area contributed by atoms with Gasteiger partial charge in [0.25, 0.3) is 0 Å². The molecule has 0 aliphatic heterocycles. The van der Waals surface area contributed by atoms with Crippen LogP contribution in [-0.4, -0.2) is 11.6 Å². The quantitative estimate of drug-likeness (QED) is 0.675. The number of aromatic nitrogens is 1. The predicted octanol–water partition coefficient (Wildman–Crippen LogP) is 5.97. The Kier molecular flexibility index (Phi) is 5.49. The maximum Gasteiger partial charge on any atom is 0.136 e. The van der Waals surface area contributed by atoms with Crippen LogP contribution >= 0.6 is 0 Å². The minimum absolute atomic E-state index is 0.282. The second kappa shape index (κ2) is 7.78. The van der Waals surface area contributed by atoms with Crippen molar-refractivity contribution in [1.29, 1.82) is 0 Å². The van der Waals surface area contributed by atoms with E-state index in [1.165, 1.54) is 37.3 Å². The van der Waals surface area contributed by atoms with Gasteiger partial charge in [0.15, 0.2) is 0 Å². The summed E-state index contributed by atoms with van der Waals surface area (Å²) in [6, 6.07) is 9.07. The largest absolute Gasteiger partial charge is 0.494 e. The molecular formula is C21H26FNO. The third kappa shape index (κ3) is 3.95. The summed E-state index contributed by atoms with van der Waals surface area (Å²) in [6.07, 6.45) is 7.89. The molecule has 1 aromatic heterocycles. The summed E-state index contributed by atoms with van der Waals surface area (Å²) in [7, 11) is 0. The van der Waals surface area contributed by atoms with Gasteiger partial charge in [0, 0.05) is 17.8 Å². The highest BCUT2D eigenvalue weighted by Gasteiger charge is 2.20. The van der Waals surface area contributed by atoms with Crippen molar-refractivity contribution in [3.63, 3.8) is 0 Å². The summed E-state index contributed by atoms with van der Waals surface area (Å²) in [5.74, 6) is 1.75. The third-order valence-corrected chi connectivity index (χ3v) is 4.96. The lowest BCUT2D eigenvalue weighted by atomic mass is 9.80. The molecule has 0 saturated heterocycles. The van der Waals surface area contributed by atoms with Crippen LogP contribution in [0.2, 0.25) is 0 Å². The smallest absolute Gasteiger partial charge is 0.136 e. The fraction of sp³-hybridized carbons (Fsp3) is 0.476. The zero-order valence-corrected chi connectivity index (χ0v) is 14.6. The van der Waals surface area contributed by atoms with E-state index in [2.05, 4.69) is 18.0 Å². The predicted molar refractivity (Wildman–Crippen MR) is 95.8 cm³/mol. The van der Waals surface area contributed by atoms with Gasteiger partial charge in [0.05, 0.1) is 12.3 Å². The standard InChI is InChI=1S/C21H26FNO/c1-3-12-24-18-9-10-19(20(22)13-18)21-11-8-17(14-23-21)16-6-4-15(2)5-7-16/h8-11,13-16H,3-7,12H2,1-2H3. The highest BCUT2D eigenvalue weighted by Crippen LogP contribution is 2.35. The molecule has 128 valence electrons. The molecule has 3 rings (SSSR count). The summed E-state index contributed by atoms with van der Waals surface area (Å²) >= 11 is 0. The Labute approximate surface area is 144 Å². The molecule has 0 N–H and O–H groups in total. The molecule has 1 aromatic carbocycles. The molecule has 2 aromatic rings. The van der Waals surface area contributed by atoms with Crippen LogP contribution in [0.5, 0.6) is 5.75 Å². The van der Waals surface area contributed by atoms with Crippen molar-refractivity contribution in [2.24, 2.45) is 5.92 Å². The SMILES string of the molecule is CCCOc1ccc(-c2ccc(C3CCC(C)CC3)cn2)c(F)c1. The van der Waals surface area contributed by atoms with Gasteiger partial charge in [-0.25, -0.2) is 4.39 Å². The summed E-state index contributed by atoms with van der Waals surface area (Å²) in [5.41, 5.74) is 2.50. The van der Waals surface area contributed by atoms with Gasteiger partial charge in [-0.05, 0) is 54.9 Å². The summed E-state index contributed by atoms with van der Waals surface area (Å²) in [6.45, 7) is 4.96. The highest BCUT2D eigenvalue weighted by atomic mass is 19.1. The Morgan fingerprint density at radius 2 is 1.92 bits per heavy atom. The molecule has 0 unspecified atom stereocenters. The third-order valence-electron chi connectivity index (χ3n) is 4.96. The summed E-state index contributed by atoms with van der Waals surface area (Å²) < 4.78 is 19.8. The van der Waals surface area contributed by atoms with E-state index in [1.807, 2.05) is 25.3 Å². The first-order valence-electron chi connectivity index (χ1n) is 9.06. The Hall–Kier alpha value is -1.90. The number of halogens is 1. The van der Waals surface area contributed by atoms with Crippen LogP contribution in [-0.2, 0) is 0 Å². The second-order valence-corrected chi connectivity index (χ2v) is 6.92. The molecule has 2 nitrogen and oxygen atoms in total. The van der Waals surface area contributed by atoms with Crippen LogP contribution in [0.15, 0.2) is 36.5 Å². The number of hydrogen-bond donors (Lipinski definition) is 0. The first kappa shape index (κ1) is 16.9. The van der Waals surface area contributed by atoms with Crippen molar-refractivity contribution in [2.45, 2.75) is 51.9 Å². The van der Waals surface area contributed by atoms with Gasteiger partial charge >= 0.3 is 0 Å². The van der Waals surface area contributed by atoms with E-state index < -0.39 is 0 Å². The van der Waals surface area contributed by atoms with Gasteiger partial charge in [0.1, 0.15) is 11.6 Å². The molecule has 1 fully saturated rings. The van der Waals surface area contributed by atoms with Crippen molar-refractivity contribution in [1.82, 2.24) is 4.98 Å². The van der Waals surface area contributed by atoms with Crippen molar-refractivity contribution in [3.8, 4) is 17.0 Å². The van der Waals surface area contributed by atoms with E-state index in [0.29, 0.717) is 29.5 Å². The number of benzene rings is 1. The molecule has 1 aliphatic carbocycles. The van der Waals surface area contributed by atoms with E-state index in [1.54, 1.807) is 6.07 Å². The van der Waals surface area contributed by atoms with Gasteiger partial charge in [-0.3, -0.25) is 4.98 Å². The average molecular weight is 327 g/mol. The van der Waals surface area contributed by atoms with E-state index in [4.69, 9.17) is 4.74 Å². The van der Waals surface area contributed by atoms with Crippen LogP contribution < -0.4 is 4.74 Å². The second-order valence-electron chi connectivity index (χ2n) is 6.92. The van der Waals surface area contributed by atoms with Crippen LogP contribution in [0.25, 0.3) is 11.3 Å². The van der Waals surface area contributed by atoms with E-state index in [-0.39, 0.29) is 5.82 Å². The first-order valence-corrected chi connectivity index (χ1v) is 9.06. The Morgan fingerprint density at radius 3 is 2.54 bits per heavy atom. The van der Waals surface area contributed by atoms with Crippen LogP contribution in [0.4, 0.5) is 4.39 Å². The molecule has 0 spiro atoms. The molecule has 3 heteroatoms. The van der Waals surface area contributed by atoms with E-state index >= 15 is 0 Å². The maximum absolute atomic E-state index is 14.3. The van der Waals surface area contributed by atoms with Crippen LogP contribution in [0.3, 0.4) is 0 Å². The van der Waals surface area contributed by atoms with Gasteiger partial charge < -0.3 is 4.74 Å². The zero-order chi connectivity index (χ0) is 16.9. The average Bonchev–Trinajstić information content (AvgIpc) is 2.61. The van der Waals surface area contributed by atoms with E-state index in [0.717, 1.165) is 12.3 Å². The van der Waals surface area contributed by atoms with Crippen molar-refractivity contribution >= 4 is 0 Å². The molecule has 24 heavy (non-hydrogen) atoms. The molecule has 1 saturated carbocycles.